The standard InChI is InChI=1S/C16H19N2S/c1-18-9-11(14-8-13-4-5-15(14)17-13)7-12(10-18)16-3-2-6-19-16/h2-3,6-7,9-10,13-15,17H,4-5,8H2,1H3/q+1. The van der Waals surface area contributed by atoms with E-state index in [2.05, 4.69) is 52.9 Å². The molecule has 0 saturated carbocycles. The summed E-state index contributed by atoms with van der Waals surface area (Å²) in [6, 6.07) is 8.22. The molecule has 2 aromatic heterocycles. The van der Waals surface area contributed by atoms with Gasteiger partial charge in [0.1, 0.15) is 7.05 Å². The van der Waals surface area contributed by atoms with Gasteiger partial charge in [-0.1, -0.05) is 6.07 Å². The minimum atomic E-state index is 0.712. The largest absolute Gasteiger partial charge is 0.311 e. The van der Waals surface area contributed by atoms with Crippen LogP contribution in [0.3, 0.4) is 0 Å². The quantitative estimate of drug-likeness (QED) is 0.831. The van der Waals surface area contributed by atoms with Crippen molar-refractivity contribution in [3.63, 3.8) is 0 Å². The van der Waals surface area contributed by atoms with Gasteiger partial charge in [-0.3, -0.25) is 0 Å². The van der Waals surface area contributed by atoms with E-state index in [0.29, 0.717) is 12.0 Å². The van der Waals surface area contributed by atoms with E-state index in [9.17, 15) is 0 Å². The highest BCUT2D eigenvalue weighted by atomic mass is 32.1. The molecule has 0 radical (unpaired) electrons. The molecule has 2 bridgehead atoms. The number of aromatic nitrogens is 1. The van der Waals surface area contributed by atoms with Crippen LogP contribution in [0.2, 0.25) is 0 Å². The highest BCUT2D eigenvalue weighted by molar-refractivity contribution is 7.13. The molecular formula is C16H19N2S+. The number of aryl methyl sites for hydroxylation is 1. The molecule has 3 unspecified atom stereocenters. The van der Waals surface area contributed by atoms with Crippen LogP contribution in [-0.4, -0.2) is 12.1 Å². The molecule has 3 heteroatoms. The fourth-order valence-electron chi connectivity index (χ4n) is 3.72. The summed E-state index contributed by atoms with van der Waals surface area (Å²) in [4.78, 5) is 1.37. The van der Waals surface area contributed by atoms with Crippen LogP contribution in [0, 0.1) is 0 Å². The second kappa shape index (κ2) is 4.43. The monoisotopic (exact) mass is 271 g/mol. The Morgan fingerprint density at radius 2 is 2.26 bits per heavy atom. The molecule has 0 spiro atoms. The first-order valence-corrected chi connectivity index (χ1v) is 7.98. The molecule has 0 aliphatic carbocycles. The Bertz CT molecular complexity index is 591. The lowest BCUT2D eigenvalue weighted by molar-refractivity contribution is -0.671. The third kappa shape index (κ3) is 2.01. The molecule has 19 heavy (non-hydrogen) atoms. The van der Waals surface area contributed by atoms with Crippen molar-refractivity contribution < 1.29 is 4.57 Å². The normalized spacial score (nSPS) is 29.0. The number of rotatable bonds is 2. The first-order chi connectivity index (χ1) is 9.29. The first kappa shape index (κ1) is 11.6. The average molecular weight is 271 g/mol. The number of nitrogens with zero attached hydrogens (tertiary/aromatic N) is 1. The number of hydrogen-bond donors (Lipinski definition) is 1. The second-order valence-corrected chi connectivity index (χ2v) is 6.84. The summed E-state index contributed by atoms with van der Waals surface area (Å²) in [5.41, 5.74) is 2.87. The molecule has 0 aromatic carbocycles. The van der Waals surface area contributed by atoms with E-state index in [1.54, 1.807) is 0 Å². The fourth-order valence-corrected chi connectivity index (χ4v) is 4.43. The van der Waals surface area contributed by atoms with Crippen molar-refractivity contribution >= 4 is 11.3 Å². The Morgan fingerprint density at radius 3 is 2.95 bits per heavy atom. The molecule has 2 fully saturated rings. The first-order valence-electron chi connectivity index (χ1n) is 7.10. The van der Waals surface area contributed by atoms with Crippen LogP contribution >= 0.6 is 11.3 Å². The third-order valence-electron chi connectivity index (χ3n) is 4.55. The lowest BCUT2D eigenvalue weighted by Crippen LogP contribution is -2.30. The van der Waals surface area contributed by atoms with Gasteiger partial charge in [0.05, 0.1) is 5.56 Å². The Kier molecular flexibility index (Phi) is 2.71. The number of pyridine rings is 1. The van der Waals surface area contributed by atoms with Gasteiger partial charge in [-0.25, -0.2) is 4.57 Å². The minimum absolute atomic E-state index is 0.712. The van der Waals surface area contributed by atoms with Gasteiger partial charge in [0.25, 0.3) is 0 Å². The molecule has 2 aromatic rings. The maximum atomic E-state index is 3.74. The van der Waals surface area contributed by atoms with Crippen LogP contribution in [0.1, 0.15) is 30.7 Å². The van der Waals surface area contributed by atoms with Gasteiger partial charge in [-0.15, -0.1) is 11.3 Å². The van der Waals surface area contributed by atoms with Gasteiger partial charge in [0, 0.05) is 28.4 Å². The lowest BCUT2D eigenvalue weighted by atomic mass is 9.84. The maximum absolute atomic E-state index is 3.74. The van der Waals surface area contributed by atoms with Crippen LogP contribution in [0.5, 0.6) is 0 Å². The van der Waals surface area contributed by atoms with E-state index in [1.807, 2.05) is 11.3 Å². The molecule has 2 aliphatic heterocycles. The van der Waals surface area contributed by atoms with Crippen molar-refractivity contribution in [2.45, 2.75) is 37.3 Å². The summed E-state index contributed by atoms with van der Waals surface area (Å²) in [6.45, 7) is 0. The fraction of sp³-hybridized carbons (Fsp3) is 0.438. The second-order valence-electron chi connectivity index (χ2n) is 5.89. The molecular weight excluding hydrogens is 252 g/mol. The van der Waals surface area contributed by atoms with Crippen LogP contribution < -0.4 is 9.88 Å². The van der Waals surface area contributed by atoms with Gasteiger partial charge in [0.2, 0.25) is 0 Å². The van der Waals surface area contributed by atoms with Crippen LogP contribution in [-0.2, 0) is 7.05 Å². The number of nitrogens with one attached hydrogen (secondary N) is 1. The lowest BCUT2D eigenvalue weighted by Gasteiger charge is -2.19. The number of thiophene rings is 1. The van der Waals surface area contributed by atoms with E-state index in [4.69, 9.17) is 0 Å². The Hall–Kier alpha value is -1.19. The van der Waals surface area contributed by atoms with Gasteiger partial charge >= 0.3 is 0 Å². The molecule has 2 saturated heterocycles. The summed E-state index contributed by atoms with van der Waals surface area (Å²) < 4.78 is 2.22. The van der Waals surface area contributed by atoms with Gasteiger partial charge in [0.15, 0.2) is 12.4 Å². The molecule has 4 heterocycles. The van der Waals surface area contributed by atoms with E-state index >= 15 is 0 Å². The number of fused-ring (bicyclic) bond motifs is 2. The molecule has 98 valence electrons. The van der Waals surface area contributed by atoms with E-state index in [0.717, 1.165) is 6.04 Å². The SMILES string of the molecule is C[n+]1cc(-c2cccs2)cc(C2CC3CCC2N3)c1. The molecule has 1 N–H and O–H groups in total. The minimum Gasteiger partial charge on any atom is -0.311 e. The summed E-state index contributed by atoms with van der Waals surface area (Å²) >= 11 is 1.82. The third-order valence-corrected chi connectivity index (χ3v) is 5.47. The van der Waals surface area contributed by atoms with Crippen molar-refractivity contribution in [2.24, 2.45) is 7.05 Å². The highest BCUT2D eigenvalue weighted by Gasteiger charge is 2.40. The molecule has 2 nitrogen and oxygen atoms in total. The highest BCUT2D eigenvalue weighted by Crippen LogP contribution is 2.40. The van der Waals surface area contributed by atoms with Crippen molar-refractivity contribution in [3.05, 3.63) is 41.5 Å². The van der Waals surface area contributed by atoms with Crippen LogP contribution in [0.4, 0.5) is 0 Å². The predicted octanol–water partition coefficient (Wildman–Crippen LogP) is 2.85. The molecule has 3 atom stereocenters. The van der Waals surface area contributed by atoms with Crippen molar-refractivity contribution in [2.75, 3.05) is 0 Å². The molecule has 2 aliphatic rings. The zero-order valence-corrected chi connectivity index (χ0v) is 12.0. The van der Waals surface area contributed by atoms with Gasteiger partial charge < -0.3 is 5.32 Å². The predicted molar refractivity (Wildman–Crippen MR) is 78.2 cm³/mol. The zero-order valence-electron chi connectivity index (χ0n) is 11.2. The Balaban J connectivity index is 1.73. The molecule has 0 amide bonds. The molecule has 4 rings (SSSR count). The number of hydrogen-bond acceptors (Lipinski definition) is 2. The average Bonchev–Trinajstić information content (AvgIpc) is 3.15. The summed E-state index contributed by atoms with van der Waals surface area (Å²) in [7, 11) is 2.14. The van der Waals surface area contributed by atoms with Gasteiger partial charge in [-0.2, -0.15) is 0 Å². The zero-order chi connectivity index (χ0) is 12.8. The van der Waals surface area contributed by atoms with E-state index in [-0.39, 0.29) is 0 Å². The van der Waals surface area contributed by atoms with Gasteiger partial charge in [-0.05, 0) is 36.8 Å². The van der Waals surface area contributed by atoms with E-state index < -0.39 is 0 Å². The smallest absolute Gasteiger partial charge is 0.177 e. The summed E-state index contributed by atoms with van der Waals surface area (Å²) in [5.74, 6) is 0.713. The van der Waals surface area contributed by atoms with Crippen molar-refractivity contribution in [3.8, 4) is 10.4 Å². The van der Waals surface area contributed by atoms with Crippen molar-refractivity contribution in [1.82, 2.24) is 5.32 Å². The van der Waals surface area contributed by atoms with E-state index in [1.165, 1.54) is 35.3 Å². The van der Waals surface area contributed by atoms with Crippen LogP contribution in [0.15, 0.2) is 36.0 Å². The summed E-state index contributed by atoms with van der Waals surface area (Å²) in [6.07, 6.45) is 8.58. The maximum Gasteiger partial charge on any atom is 0.177 e. The summed E-state index contributed by atoms with van der Waals surface area (Å²) in [5, 5.41) is 5.90. The van der Waals surface area contributed by atoms with Crippen molar-refractivity contribution in [1.29, 1.82) is 0 Å². The Labute approximate surface area is 118 Å². The Morgan fingerprint density at radius 1 is 1.32 bits per heavy atom. The van der Waals surface area contributed by atoms with Crippen LogP contribution in [0.25, 0.3) is 10.4 Å². The topological polar surface area (TPSA) is 15.9 Å².